The standard InChI is InChI=1S/C18H20ClN3O4/c1-21(2)15-5-3-4-14(15)20-18(23)17-9-8-16(26-17)12-7-6-11(22(24)25)10-13(12)19/h6-10,14-15H,3-5H2,1-2H3,(H,20,23)/t14-,15+/m1/s1. The molecule has 0 spiro atoms. The molecule has 1 saturated carbocycles. The van der Waals surface area contributed by atoms with Crippen LogP contribution in [-0.2, 0) is 0 Å². The van der Waals surface area contributed by atoms with Crippen LogP contribution in [0.15, 0.2) is 34.7 Å². The van der Waals surface area contributed by atoms with Gasteiger partial charge in [-0.3, -0.25) is 14.9 Å². The van der Waals surface area contributed by atoms with E-state index in [1.807, 2.05) is 14.1 Å². The van der Waals surface area contributed by atoms with Gasteiger partial charge in [-0.05, 0) is 51.6 Å². The molecular weight excluding hydrogens is 358 g/mol. The van der Waals surface area contributed by atoms with Crippen molar-refractivity contribution in [2.45, 2.75) is 31.3 Å². The van der Waals surface area contributed by atoms with E-state index in [1.165, 1.54) is 18.2 Å². The van der Waals surface area contributed by atoms with E-state index in [2.05, 4.69) is 10.2 Å². The number of carbonyl (C=O) groups is 1. The SMILES string of the molecule is CN(C)[C@H]1CCC[C@H]1NC(=O)c1ccc(-c2ccc([N+](=O)[O-])cc2Cl)o1. The Hall–Kier alpha value is -2.38. The van der Waals surface area contributed by atoms with Crippen molar-refractivity contribution in [2.24, 2.45) is 0 Å². The molecular formula is C18H20ClN3O4. The molecule has 2 atom stereocenters. The van der Waals surface area contributed by atoms with Gasteiger partial charge in [-0.25, -0.2) is 0 Å². The number of nitro benzene ring substituents is 1. The van der Waals surface area contributed by atoms with E-state index in [4.69, 9.17) is 16.0 Å². The van der Waals surface area contributed by atoms with Crippen LogP contribution >= 0.6 is 11.6 Å². The Bertz CT molecular complexity index is 834. The Morgan fingerprint density at radius 2 is 2.08 bits per heavy atom. The number of nitrogens with zero attached hydrogens (tertiary/aromatic N) is 2. The molecule has 1 aliphatic carbocycles. The molecule has 1 heterocycles. The number of nitrogens with one attached hydrogen (secondary N) is 1. The van der Waals surface area contributed by atoms with Crippen LogP contribution in [0.1, 0.15) is 29.8 Å². The number of likely N-dealkylation sites (N-methyl/N-ethyl adjacent to an activating group) is 1. The van der Waals surface area contributed by atoms with Gasteiger partial charge in [0.2, 0.25) is 0 Å². The number of carbonyl (C=O) groups excluding carboxylic acids is 1. The van der Waals surface area contributed by atoms with Gasteiger partial charge >= 0.3 is 0 Å². The van der Waals surface area contributed by atoms with Gasteiger partial charge in [0.25, 0.3) is 11.6 Å². The third-order valence-electron chi connectivity index (χ3n) is 4.72. The summed E-state index contributed by atoms with van der Waals surface area (Å²) in [6.45, 7) is 0. The Kier molecular flexibility index (Phi) is 5.29. The minimum absolute atomic E-state index is 0.0917. The minimum Gasteiger partial charge on any atom is -0.451 e. The van der Waals surface area contributed by atoms with Crippen LogP contribution in [0.25, 0.3) is 11.3 Å². The maximum Gasteiger partial charge on any atom is 0.287 e. The second-order valence-corrected chi connectivity index (χ2v) is 7.03. The first-order valence-electron chi connectivity index (χ1n) is 8.38. The average Bonchev–Trinajstić information content (AvgIpc) is 3.23. The summed E-state index contributed by atoms with van der Waals surface area (Å²) in [5, 5.41) is 14.0. The number of rotatable bonds is 5. The van der Waals surface area contributed by atoms with Crippen LogP contribution in [0.2, 0.25) is 5.02 Å². The summed E-state index contributed by atoms with van der Waals surface area (Å²) in [7, 11) is 4.02. The fourth-order valence-corrected chi connectivity index (χ4v) is 3.66. The summed E-state index contributed by atoms with van der Waals surface area (Å²) in [5.41, 5.74) is 0.405. The molecule has 0 aliphatic heterocycles. The second-order valence-electron chi connectivity index (χ2n) is 6.63. The average molecular weight is 378 g/mol. The molecule has 0 bridgehead atoms. The topological polar surface area (TPSA) is 88.6 Å². The largest absolute Gasteiger partial charge is 0.451 e. The molecule has 1 aliphatic rings. The quantitative estimate of drug-likeness (QED) is 0.633. The van der Waals surface area contributed by atoms with Crippen LogP contribution in [0.5, 0.6) is 0 Å². The highest BCUT2D eigenvalue weighted by molar-refractivity contribution is 6.33. The van der Waals surface area contributed by atoms with Gasteiger partial charge in [0.1, 0.15) is 5.76 Å². The fraction of sp³-hybridized carbons (Fsp3) is 0.389. The first-order valence-corrected chi connectivity index (χ1v) is 8.76. The molecule has 1 aromatic carbocycles. The van der Waals surface area contributed by atoms with Crippen LogP contribution < -0.4 is 5.32 Å². The van der Waals surface area contributed by atoms with E-state index in [1.54, 1.807) is 12.1 Å². The van der Waals surface area contributed by atoms with E-state index in [9.17, 15) is 14.9 Å². The van der Waals surface area contributed by atoms with Crippen LogP contribution in [0, 0.1) is 10.1 Å². The summed E-state index contributed by atoms with van der Waals surface area (Å²) < 4.78 is 5.64. The summed E-state index contributed by atoms with van der Waals surface area (Å²) >= 11 is 6.12. The summed E-state index contributed by atoms with van der Waals surface area (Å²) in [5.74, 6) is 0.317. The van der Waals surface area contributed by atoms with Crippen molar-refractivity contribution in [3.05, 3.63) is 51.2 Å². The number of hydrogen-bond donors (Lipinski definition) is 1. The normalized spacial score (nSPS) is 19.7. The third-order valence-corrected chi connectivity index (χ3v) is 5.03. The van der Waals surface area contributed by atoms with E-state index in [0.29, 0.717) is 17.4 Å². The van der Waals surface area contributed by atoms with Crippen molar-refractivity contribution >= 4 is 23.2 Å². The second kappa shape index (κ2) is 7.47. The van der Waals surface area contributed by atoms with Gasteiger partial charge in [-0.1, -0.05) is 11.6 Å². The van der Waals surface area contributed by atoms with Gasteiger partial charge in [0, 0.05) is 29.8 Å². The smallest absolute Gasteiger partial charge is 0.287 e. The van der Waals surface area contributed by atoms with Gasteiger partial charge in [0.15, 0.2) is 5.76 Å². The number of halogens is 1. The molecule has 1 amide bonds. The van der Waals surface area contributed by atoms with E-state index < -0.39 is 4.92 Å². The lowest BCUT2D eigenvalue weighted by Gasteiger charge is -2.26. The molecule has 2 aromatic rings. The molecule has 26 heavy (non-hydrogen) atoms. The number of furan rings is 1. The van der Waals surface area contributed by atoms with Crippen LogP contribution in [-0.4, -0.2) is 41.9 Å². The van der Waals surface area contributed by atoms with Gasteiger partial charge in [0.05, 0.1) is 9.95 Å². The highest BCUT2D eigenvalue weighted by Gasteiger charge is 2.30. The zero-order valence-corrected chi connectivity index (χ0v) is 15.3. The first-order chi connectivity index (χ1) is 12.4. The van der Waals surface area contributed by atoms with Crippen molar-refractivity contribution < 1.29 is 14.1 Å². The predicted octanol–water partition coefficient (Wildman–Crippen LogP) is 3.72. The molecule has 0 unspecified atom stereocenters. The first kappa shape index (κ1) is 18.4. The van der Waals surface area contributed by atoms with Gasteiger partial charge < -0.3 is 14.6 Å². The third kappa shape index (κ3) is 3.73. The maximum atomic E-state index is 12.5. The molecule has 1 fully saturated rings. The highest BCUT2D eigenvalue weighted by atomic mass is 35.5. The molecule has 1 N–H and O–H groups in total. The molecule has 3 rings (SSSR count). The lowest BCUT2D eigenvalue weighted by Crippen LogP contribution is -2.46. The molecule has 138 valence electrons. The van der Waals surface area contributed by atoms with Crippen molar-refractivity contribution in [3.8, 4) is 11.3 Å². The molecule has 1 aromatic heterocycles. The summed E-state index contributed by atoms with van der Waals surface area (Å²) in [6, 6.07) is 7.76. The van der Waals surface area contributed by atoms with Crippen LogP contribution in [0.4, 0.5) is 5.69 Å². The number of benzene rings is 1. The minimum atomic E-state index is -0.514. The molecule has 8 heteroatoms. The van der Waals surface area contributed by atoms with Gasteiger partial charge in [-0.2, -0.15) is 0 Å². The highest BCUT2D eigenvalue weighted by Crippen LogP contribution is 2.32. The lowest BCUT2D eigenvalue weighted by atomic mass is 10.1. The molecule has 7 nitrogen and oxygen atoms in total. The number of hydrogen-bond acceptors (Lipinski definition) is 5. The molecule has 0 saturated heterocycles. The zero-order valence-electron chi connectivity index (χ0n) is 14.6. The Morgan fingerprint density at radius 1 is 1.31 bits per heavy atom. The van der Waals surface area contributed by atoms with E-state index >= 15 is 0 Å². The maximum absolute atomic E-state index is 12.5. The Balaban J connectivity index is 1.75. The van der Waals surface area contributed by atoms with E-state index in [0.717, 1.165) is 19.3 Å². The van der Waals surface area contributed by atoms with Crippen LogP contribution in [0.3, 0.4) is 0 Å². The number of nitro groups is 1. The van der Waals surface area contributed by atoms with Crippen molar-refractivity contribution in [3.63, 3.8) is 0 Å². The number of amides is 1. The molecule has 0 radical (unpaired) electrons. The van der Waals surface area contributed by atoms with E-state index in [-0.39, 0.29) is 28.4 Å². The summed E-state index contributed by atoms with van der Waals surface area (Å²) in [6.07, 6.45) is 3.08. The monoisotopic (exact) mass is 377 g/mol. The fourth-order valence-electron chi connectivity index (χ4n) is 3.39. The predicted molar refractivity (Wildman–Crippen MR) is 98.4 cm³/mol. The van der Waals surface area contributed by atoms with Crippen molar-refractivity contribution in [1.82, 2.24) is 10.2 Å². The Labute approximate surface area is 156 Å². The summed E-state index contributed by atoms with van der Waals surface area (Å²) in [4.78, 5) is 24.9. The van der Waals surface area contributed by atoms with Crippen molar-refractivity contribution in [2.75, 3.05) is 14.1 Å². The lowest BCUT2D eigenvalue weighted by molar-refractivity contribution is -0.384. The van der Waals surface area contributed by atoms with Crippen molar-refractivity contribution in [1.29, 1.82) is 0 Å². The Morgan fingerprint density at radius 3 is 2.73 bits per heavy atom. The zero-order chi connectivity index (χ0) is 18.8. The number of non-ortho nitro benzene ring substituents is 1. The van der Waals surface area contributed by atoms with Gasteiger partial charge in [-0.15, -0.1) is 0 Å².